The summed E-state index contributed by atoms with van der Waals surface area (Å²) in [7, 11) is 5.63. The maximum absolute atomic E-state index is 10.9. The highest BCUT2D eigenvalue weighted by Crippen LogP contribution is 2.37. The number of hydrogen-bond acceptors (Lipinski definition) is 16. The second-order valence-electron chi connectivity index (χ2n) is 22.2. The number of nitrogens with zero attached hydrogens (tertiary/aromatic N) is 5. The molecule has 1 fully saturated rings. The second kappa shape index (κ2) is 40.8. The minimum Gasteiger partial charge on any atom is -0.494 e. The summed E-state index contributed by atoms with van der Waals surface area (Å²) in [5.41, 5.74) is 21.3. The third-order valence-electron chi connectivity index (χ3n) is 14.4. The Morgan fingerprint density at radius 2 is 0.960 bits per heavy atom. The number of halogens is 6. The number of primary amides is 2. The number of alkyl halides is 1. The SMILES string of the molecule is CC1(C)OB(c2ccc(NC(N)=O)nc2)OC1(C)C.CO.COc1ccc(C)nc1-c1cccc(Cl)c1.COc1ccc(C)nc1Br.COc1ccc(CBr)nc1-c1cccc(Cl)c1.COc1ccc(Cc2ccc(NC(N)=O)cc2)nc1-c1cccc(Cl)c1.OB(O)c1cccc(Cl)c1. The average Bonchev–Trinajstić information content (AvgIpc) is 1.62. The standard InChI is InChI=1S/C20H18ClN3O2.C13H11BrClNO.C13H12ClNO.C12H18BN3O3.C7H8BrNO.C6H6BClO2.CH4O/c1-26-18-10-9-17(23-19(18)14-3-2-4-15(21)12-14)11-13-5-7-16(8-6-13)24-20(22)25;1-17-12-6-5-11(8-14)16-13(12)9-3-2-4-10(15)7-9;1-9-6-7-12(16-2)13(15-9)10-4-3-5-11(14)8-10;1-11(2)12(3,4)19-13(18-11)8-5-6-9(15-7-8)16-10(14)17;1-5-3-4-6(10-2)7(8)9-5;8-6-3-1-2-5(4-6)7(9)10;1-2/h2-10,12H,11H2,1H3,(H3,22,24,25);2-7H,8H2,1H3;3-8H,1-2H3;5-7H,1-4H3,(H3,14,15,16,17);3-4H,1-2H3;1-4,9-10H;2H,1H3. The van der Waals surface area contributed by atoms with Crippen LogP contribution in [0.4, 0.5) is 21.1 Å². The van der Waals surface area contributed by atoms with Gasteiger partial charge in [-0.2, -0.15) is 0 Å². The zero-order valence-corrected chi connectivity index (χ0v) is 62.9. The maximum atomic E-state index is 10.9. The van der Waals surface area contributed by atoms with Gasteiger partial charge in [0.2, 0.25) is 0 Å². The first-order chi connectivity index (χ1) is 47.6. The molecular formula is C72H77B2Br2Cl4N9O11. The molecule has 11 rings (SSSR count). The quantitative estimate of drug-likeness (QED) is 0.0302. The molecule has 0 aliphatic carbocycles. The second-order valence-corrected chi connectivity index (χ2v) is 25.2. The van der Waals surface area contributed by atoms with Crippen molar-refractivity contribution < 1.29 is 53.0 Å². The molecule has 0 radical (unpaired) electrons. The van der Waals surface area contributed by atoms with E-state index in [0.29, 0.717) is 54.6 Å². The molecule has 10 aromatic rings. The van der Waals surface area contributed by atoms with Crippen molar-refractivity contribution in [3.8, 4) is 56.8 Å². The lowest BCUT2D eigenvalue weighted by atomic mass is 9.80. The van der Waals surface area contributed by atoms with E-state index in [1.807, 2.05) is 187 Å². The van der Waals surface area contributed by atoms with Crippen LogP contribution in [-0.4, -0.2) is 113 Å². The van der Waals surface area contributed by atoms with Crippen LogP contribution in [0.2, 0.25) is 20.1 Å². The average molecular weight is 1570 g/mol. The van der Waals surface area contributed by atoms with E-state index in [2.05, 4.69) is 62.4 Å². The molecule has 0 saturated carbocycles. The number of carbonyl (C=O) groups is 2. The van der Waals surface area contributed by atoms with Crippen LogP contribution >= 0.6 is 78.3 Å². The maximum Gasteiger partial charge on any atom is 0.496 e. The summed E-state index contributed by atoms with van der Waals surface area (Å²) >= 11 is 30.3. The first-order valence-electron chi connectivity index (χ1n) is 30.3. The van der Waals surface area contributed by atoms with Crippen LogP contribution < -0.4 is 52.0 Å². The molecular weight excluding hydrogens is 1490 g/mol. The number of ether oxygens (including phenoxy) is 4. The molecule has 9 N–H and O–H groups in total. The number of hydrogen-bond donors (Lipinski definition) is 7. The lowest BCUT2D eigenvalue weighted by molar-refractivity contribution is 0.00578. The van der Waals surface area contributed by atoms with Crippen molar-refractivity contribution in [2.24, 2.45) is 11.5 Å². The summed E-state index contributed by atoms with van der Waals surface area (Å²) in [6, 6.07) is 54.1. The third-order valence-corrected chi connectivity index (χ3v) is 16.5. The number of aliphatic hydroxyl groups excluding tert-OH is 1. The van der Waals surface area contributed by atoms with E-state index in [1.54, 1.807) is 65.0 Å². The summed E-state index contributed by atoms with van der Waals surface area (Å²) in [6.07, 6.45) is 2.25. The van der Waals surface area contributed by atoms with Gasteiger partial charge >= 0.3 is 26.3 Å². The molecule has 0 unspecified atom stereocenters. The van der Waals surface area contributed by atoms with Gasteiger partial charge in [0.1, 0.15) is 44.8 Å². The van der Waals surface area contributed by atoms with Crippen molar-refractivity contribution in [2.45, 2.75) is 64.5 Å². The molecule has 0 atom stereocenters. The molecule has 5 aromatic heterocycles. The van der Waals surface area contributed by atoms with Crippen molar-refractivity contribution in [1.82, 2.24) is 24.9 Å². The Hall–Kier alpha value is -8.36. The fourth-order valence-corrected chi connectivity index (χ4v) is 10.5. The number of aryl methyl sites for hydroxylation is 2. The normalized spacial score (nSPS) is 11.9. The molecule has 6 heterocycles. The Morgan fingerprint density at radius 1 is 0.540 bits per heavy atom. The first kappa shape index (κ1) is 82.3. The smallest absolute Gasteiger partial charge is 0.494 e. The van der Waals surface area contributed by atoms with Gasteiger partial charge in [0.25, 0.3) is 0 Å². The van der Waals surface area contributed by atoms with Gasteiger partial charge in [-0.05, 0) is 184 Å². The van der Waals surface area contributed by atoms with Gasteiger partial charge in [0.05, 0.1) is 45.3 Å². The van der Waals surface area contributed by atoms with Gasteiger partial charge in [-0.3, -0.25) is 5.32 Å². The molecule has 28 heteroatoms. The summed E-state index contributed by atoms with van der Waals surface area (Å²) in [6.45, 7) is 11.8. The van der Waals surface area contributed by atoms with Crippen molar-refractivity contribution in [1.29, 1.82) is 0 Å². The monoisotopic (exact) mass is 1560 g/mol. The Morgan fingerprint density at radius 3 is 1.36 bits per heavy atom. The van der Waals surface area contributed by atoms with Gasteiger partial charge in [-0.15, -0.1) is 0 Å². The molecule has 100 heavy (non-hydrogen) atoms. The minimum absolute atomic E-state index is 0.387. The lowest BCUT2D eigenvalue weighted by Crippen LogP contribution is -2.41. The molecule has 20 nitrogen and oxygen atoms in total. The van der Waals surface area contributed by atoms with Gasteiger partial charge in [-0.25, -0.2) is 34.5 Å². The number of nitrogens with one attached hydrogen (secondary N) is 2. The van der Waals surface area contributed by atoms with E-state index in [0.717, 1.165) is 96.5 Å². The number of anilines is 2. The Balaban J connectivity index is 0.000000221. The molecule has 4 amide bonds. The summed E-state index contributed by atoms with van der Waals surface area (Å²) in [5.74, 6) is 3.36. The topological polar surface area (TPSA) is 291 Å². The van der Waals surface area contributed by atoms with E-state index in [4.69, 9.17) is 106 Å². The van der Waals surface area contributed by atoms with E-state index in [1.165, 1.54) is 6.07 Å². The molecule has 0 bridgehead atoms. The number of aromatic nitrogens is 5. The molecule has 5 aromatic carbocycles. The van der Waals surface area contributed by atoms with Crippen LogP contribution in [0.1, 0.15) is 56.0 Å². The summed E-state index contributed by atoms with van der Waals surface area (Å²) in [5, 5.41) is 32.5. The summed E-state index contributed by atoms with van der Waals surface area (Å²) < 4.78 is 33.6. The van der Waals surface area contributed by atoms with Gasteiger partial charge in [0.15, 0.2) is 5.75 Å². The zero-order chi connectivity index (χ0) is 73.7. The number of methoxy groups -OCH3 is 4. The number of rotatable bonds is 14. The highest BCUT2D eigenvalue weighted by Gasteiger charge is 2.51. The van der Waals surface area contributed by atoms with Crippen LogP contribution in [0, 0.1) is 13.8 Å². The Labute approximate surface area is 620 Å². The molecule has 1 saturated heterocycles. The van der Waals surface area contributed by atoms with Crippen LogP contribution in [0.5, 0.6) is 23.0 Å². The highest BCUT2D eigenvalue weighted by atomic mass is 79.9. The number of pyridine rings is 5. The molecule has 0 spiro atoms. The third kappa shape index (κ3) is 26.0. The number of nitrogens with two attached hydrogens (primary N) is 2. The van der Waals surface area contributed by atoms with Crippen molar-refractivity contribution in [3.63, 3.8) is 0 Å². The zero-order valence-electron chi connectivity index (χ0n) is 56.7. The van der Waals surface area contributed by atoms with Gasteiger partial charge in [-0.1, -0.05) is 129 Å². The Bertz CT molecular complexity index is 4260. The lowest BCUT2D eigenvalue weighted by Gasteiger charge is -2.32. The number of aliphatic hydroxyl groups is 1. The number of urea groups is 2. The van der Waals surface area contributed by atoms with E-state index in [9.17, 15) is 9.59 Å². The van der Waals surface area contributed by atoms with Crippen molar-refractivity contribution >= 4 is 127 Å². The first-order valence-corrected chi connectivity index (χ1v) is 33.8. The summed E-state index contributed by atoms with van der Waals surface area (Å²) in [4.78, 5) is 43.6. The van der Waals surface area contributed by atoms with Gasteiger partial charge < -0.3 is 60.2 Å². The molecule has 1 aliphatic heterocycles. The van der Waals surface area contributed by atoms with Crippen LogP contribution in [0.3, 0.4) is 0 Å². The van der Waals surface area contributed by atoms with Crippen LogP contribution in [0.15, 0.2) is 193 Å². The predicted molar refractivity (Wildman–Crippen MR) is 409 cm³/mol. The number of amides is 4. The predicted octanol–water partition coefficient (Wildman–Crippen LogP) is 15.2. The fourth-order valence-electron chi connectivity index (χ4n) is 8.83. The van der Waals surface area contributed by atoms with E-state index in [-0.39, 0.29) is 11.2 Å². The van der Waals surface area contributed by atoms with E-state index < -0.39 is 26.3 Å². The minimum atomic E-state index is -1.43. The van der Waals surface area contributed by atoms with Crippen LogP contribution in [0.25, 0.3) is 33.8 Å². The van der Waals surface area contributed by atoms with Crippen LogP contribution in [-0.2, 0) is 21.1 Å². The fraction of sp³-hybridized carbons (Fsp3) is 0.208. The largest absolute Gasteiger partial charge is 0.496 e. The molecule has 1 aliphatic rings. The van der Waals surface area contributed by atoms with Crippen molar-refractivity contribution in [2.75, 3.05) is 46.2 Å². The number of benzene rings is 5. The highest BCUT2D eigenvalue weighted by molar-refractivity contribution is 9.10. The Kier molecular flexibility index (Phi) is 33.6. The molecule has 524 valence electrons. The number of carbonyl (C=O) groups excluding carboxylic acids is 2. The van der Waals surface area contributed by atoms with E-state index >= 15 is 0 Å². The van der Waals surface area contributed by atoms with Gasteiger partial charge in [0, 0.05) is 90.1 Å². The van der Waals surface area contributed by atoms with Crippen molar-refractivity contribution in [3.05, 3.63) is 241 Å².